The first-order chi connectivity index (χ1) is 12.9. The Bertz CT molecular complexity index is 791. The summed E-state index contributed by atoms with van der Waals surface area (Å²) in [4.78, 5) is 26.4. The minimum Gasteiger partial charge on any atom is -0.497 e. The zero-order valence-electron chi connectivity index (χ0n) is 16.2. The van der Waals surface area contributed by atoms with Gasteiger partial charge in [0.1, 0.15) is 11.5 Å². The number of anilines is 1. The van der Waals surface area contributed by atoms with E-state index >= 15 is 0 Å². The lowest BCUT2D eigenvalue weighted by Gasteiger charge is -2.24. The molecule has 0 spiro atoms. The van der Waals surface area contributed by atoms with E-state index in [0.29, 0.717) is 23.7 Å². The van der Waals surface area contributed by atoms with Gasteiger partial charge in [-0.1, -0.05) is 18.2 Å². The molecule has 0 aliphatic rings. The Morgan fingerprint density at radius 2 is 1.81 bits per heavy atom. The number of carbonyl (C=O) groups excluding carboxylic acids is 2. The molecule has 2 aromatic carbocycles. The zero-order valence-corrected chi connectivity index (χ0v) is 16.2. The predicted octanol–water partition coefficient (Wildman–Crippen LogP) is 3.26. The third-order valence-electron chi connectivity index (χ3n) is 4.03. The first-order valence-corrected chi connectivity index (χ1v) is 8.89. The van der Waals surface area contributed by atoms with Crippen molar-refractivity contribution in [2.24, 2.45) is 0 Å². The van der Waals surface area contributed by atoms with Gasteiger partial charge in [-0.25, -0.2) is 0 Å². The van der Waals surface area contributed by atoms with E-state index < -0.39 is 6.10 Å². The molecule has 6 heteroatoms. The maximum Gasteiger partial charge on any atom is 0.263 e. The molecule has 1 N–H and O–H groups in total. The molecule has 0 radical (unpaired) electrons. The SMILES string of the molecule is CCN(CC(=O)Nc1cccc(OC)c1)C(=O)[C@@H](C)Oc1cccc(C)c1. The average Bonchev–Trinajstić information content (AvgIpc) is 2.65. The van der Waals surface area contributed by atoms with E-state index in [9.17, 15) is 9.59 Å². The Hall–Kier alpha value is -3.02. The zero-order chi connectivity index (χ0) is 19.8. The molecule has 144 valence electrons. The fraction of sp³-hybridized carbons (Fsp3) is 0.333. The number of methoxy groups -OCH3 is 1. The second-order valence-corrected chi connectivity index (χ2v) is 6.21. The molecule has 2 aromatic rings. The molecule has 0 saturated carbocycles. The summed E-state index contributed by atoms with van der Waals surface area (Å²) in [6, 6.07) is 14.6. The van der Waals surface area contributed by atoms with Crippen molar-refractivity contribution in [3.05, 3.63) is 54.1 Å². The predicted molar refractivity (Wildman–Crippen MR) is 105 cm³/mol. The lowest BCUT2D eigenvalue weighted by atomic mass is 10.2. The monoisotopic (exact) mass is 370 g/mol. The number of benzene rings is 2. The van der Waals surface area contributed by atoms with Crippen molar-refractivity contribution >= 4 is 17.5 Å². The Balaban J connectivity index is 1.95. The number of amides is 2. The van der Waals surface area contributed by atoms with Gasteiger partial charge in [-0.2, -0.15) is 0 Å². The summed E-state index contributed by atoms with van der Waals surface area (Å²) in [6.07, 6.45) is -0.684. The topological polar surface area (TPSA) is 67.9 Å². The summed E-state index contributed by atoms with van der Waals surface area (Å²) >= 11 is 0. The number of carbonyl (C=O) groups is 2. The van der Waals surface area contributed by atoms with Crippen molar-refractivity contribution < 1.29 is 19.1 Å². The third kappa shape index (κ3) is 6.02. The van der Waals surface area contributed by atoms with Crippen LogP contribution in [0, 0.1) is 6.92 Å². The maximum absolute atomic E-state index is 12.7. The van der Waals surface area contributed by atoms with Crippen LogP contribution in [0.4, 0.5) is 5.69 Å². The van der Waals surface area contributed by atoms with Crippen molar-refractivity contribution in [2.75, 3.05) is 25.5 Å². The van der Waals surface area contributed by atoms with Crippen molar-refractivity contribution in [3.63, 3.8) is 0 Å². The van der Waals surface area contributed by atoms with Gasteiger partial charge >= 0.3 is 0 Å². The molecule has 2 rings (SSSR count). The molecule has 0 saturated heterocycles. The Morgan fingerprint density at radius 3 is 2.48 bits per heavy atom. The van der Waals surface area contributed by atoms with Crippen molar-refractivity contribution in [1.29, 1.82) is 0 Å². The van der Waals surface area contributed by atoms with Gasteiger partial charge in [-0.15, -0.1) is 0 Å². The number of rotatable bonds is 8. The highest BCUT2D eigenvalue weighted by Gasteiger charge is 2.23. The molecule has 1 atom stereocenters. The van der Waals surface area contributed by atoms with Crippen LogP contribution < -0.4 is 14.8 Å². The van der Waals surface area contributed by atoms with Crippen LogP contribution in [0.15, 0.2) is 48.5 Å². The standard InChI is InChI=1S/C21H26N2O4/c1-5-23(14-20(24)22-17-9-7-10-18(13-17)26-4)21(25)16(3)27-19-11-6-8-15(2)12-19/h6-13,16H,5,14H2,1-4H3,(H,22,24)/t16-/m1/s1. The molecule has 0 heterocycles. The second-order valence-electron chi connectivity index (χ2n) is 6.21. The summed E-state index contributed by atoms with van der Waals surface area (Å²) in [7, 11) is 1.56. The number of nitrogens with one attached hydrogen (secondary N) is 1. The van der Waals surface area contributed by atoms with E-state index in [1.54, 1.807) is 38.3 Å². The highest BCUT2D eigenvalue weighted by atomic mass is 16.5. The van der Waals surface area contributed by atoms with E-state index in [1.165, 1.54) is 4.90 Å². The molecular formula is C21H26N2O4. The van der Waals surface area contributed by atoms with Crippen LogP contribution in [0.3, 0.4) is 0 Å². The molecule has 27 heavy (non-hydrogen) atoms. The molecular weight excluding hydrogens is 344 g/mol. The van der Waals surface area contributed by atoms with Crippen LogP contribution in [-0.4, -0.2) is 43.0 Å². The molecule has 2 amide bonds. The number of likely N-dealkylation sites (N-methyl/N-ethyl adjacent to an activating group) is 1. The van der Waals surface area contributed by atoms with Crippen molar-refractivity contribution in [3.8, 4) is 11.5 Å². The number of hydrogen-bond acceptors (Lipinski definition) is 4. The van der Waals surface area contributed by atoms with E-state index in [2.05, 4.69) is 5.32 Å². The van der Waals surface area contributed by atoms with Gasteiger partial charge in [0.15, 0.2) is 6.10 Å². The lowest BCUT2D eigenvalue weighted by Crippen LogP contribution is -2.44. The van der Waals surface area contributed by atoms with Gasteiger partial charge in [0.2, 0.25) is 5.91 Å². The number of nitrogens with zero attached hydrogens (tertiary/aromatic N) is 1. The highest BCUT2D eigenvalue weighted by Crippen LogP contribution is 2.17. The van der Waals surface area contributed by atoms with Gasteiger partial charge < -0.3 is 19.7 Å². The van der Waals surface area contributed by atoms with Gasteiger partial charge in [0.05, 0.1) is 13.7 Å². The van der Waals surface area contributed by atoms with Gasteiger partial charge in [-0.3, -0.25) is 9.59 Å². The molecule has 0 fully saturated rings. The Kier molecular flexibility index (Phi) is 7.23. The Labute approximate surface area is 160 Å². The summed E-state index contributed by atoms with van der Waals surface area (Å²) in [6.45, 7) is 5.84. The molecule has 0 bridgehead atoms. The average molecular weight is 370 g/mol. The van der Waals surface area contributed by atoms with E-state index in [-0.39, 0.29) is 18.4 Å². The Morgan fingerprint density at radius 1 is 1.11 bits per heavy atom. The fourth-order valence-corrected chi connectivity index (χ4v) is 2.62. The smallest absolute Gasteiger partial charge is 0.263 e. The highest BCUT2D eigenvalue weighted by molar-refractivity contribution is 5.95. The van der Waals surface area contributed by atoms with Crippen LogP contribution in [-0.2, 0) is 9.59 Å². The lowest BCUT2D eigenvalue weighted by molar-refractivity contribution is -0.140. The number of ether oxygens (including phenoxy) is 2. The normalized spacial score (nSPS) is 11.4. The van der Waals surface area contributed by atoms with Crippen molar-refractivity contribution in [2.45, 2.75) is 26.9 Å². The van der Waals surface area contributed by atoms with Crippen LogP contribution in [0.2, 0.25) is 0 Å². The van der Waals surface area contributed by atoms with Crippen molar-refractivity contribution in [1.82, 2.24) is 4.90 Å². The summed E-state index contributed by atoms with van der Waals surface area (Å²) in [5, 5.41) is 2.78. The quantitative estimate of drug-likeness (QED) is 0.774. The van der Waals surface area contributed by atoms with E-state index in [0.717, 1.165) is 5.56 Å². The van der Waals surface area contributed by atoms with Crippen LogP contribution in [0.5, 0.6) is 11.5 Å². The number of aryl methyl sites for hydroxylation is 1. The van der Waals surface area contributed by atoms with Gasteiger partial charge in [-0.05, 0) is 50.6 Å². The van der Waals surface area contributed by atoms with Gasteiger partial charge in [0.25, 0.3) is 5.91 Å². The van der Waals surface area contributed by atoms with Crippen LogP contribution in [0.1, 0.15) is 19.4 Å². The van der Waals surface area contributed by atoms with Crippen LogP contribution in [0.25, 0.3) is 0 Å². The number of hydrogen-bond donors (Lipinski definition) is 1. The molecule has 0 unspecified atom stereocenters. The molecule has 6 nitrogen and oxygen atoms in total. The molecule has 0 aliphatic heterocycles. The first kappa shape index (κ1) is 20.3. The molecule has 0 aromatic heterocycles. The van der Waals surface area contributed by atoms with Crippen LogP contribution >= 0.6 is 0 Å². The van der Waals surface area contributed by atoms with Gasteiger partial charge in [0, 0.05) is 18.3 Å². The van der Waals surface area contributed by atoms with E-state index in [1.807, 2.05) is 38.1 Å². The summed E-state index contributed by atoms with van der Waals surface area (Å²) in [5.74, 6) is 0.769. The molecule has 0 aliphatic carbocycles. The maximum atomic E-state index is 12.7. The second kappa shape index (κ2) is 9.62. The first-order valence-electron chi connectivity index (χ1n) is 8.89. The summed E-state index contributed by atoms with van der Waals surface area (Å²) < 4.78 is 10.9. The largest absolute Gasteiger partial charge is 0.497 e. The third-order valence-corrected chi connectivity index (χ3v) is 4.03. The fourth-order valence-electron chi connectivity index (χ4n) is 2.62. The van der Waals surface area contributed by atoms with E-state index in [4.69, 9.17) is 9.47 Å². The summed E-state index contributed by atoms with van der Waals surface area (Å²) in [5.41, 5.74) is 1.67. The minimum atomic E-state index is -0.684. The minimum absolute atomic E-state index is 0.0476.